The lowest BCUT2D eigenvalue weighted by Gasteiger charge is -2.28. The third-order valence-corrected chi connectivity index (χ3v) is 3.07. The normalized spacial score (nSPS) is 16.6. The predicted molar refractivity (Wildman–Crippen MR) is 61.9 cm³/mol. The molecule has 13 heavy (non-hydrogen) atoms. The molecule has 2 unspecified atom stereocenters. The van der Waals surface area contributed by atoms with E-state index in [1.54, 1.807) is 0 Å². The van der Waals surface area contributed by atoms with Gasteiger partial charge in [0.05, 0.1) is 0 Å². The summed E-state index contributed by atoms with van der Waals surface area (Å²) < 4.78 is 0. The fraction of sp³-hybridized carbons (Fsp3) is 1.00. The summed E-state index contributed by atoms with van der Waals surface area (Å²) in [5.41, 5.74) is 0. The fourth-order valence-corrected chi connectivity index (χ4v) is 2.38. The zero-order chi connectivity index (χ0) is 10.4. The van der Waals surface area contributed by atoms with E-state index in [0.717, 1.165) is 23.7 Å². The van der Waals surface area contributed by atoms with Crippen LogP contribution in [0.1, 0.15) is 60.8 Å². The summed E-state index contributed by atoms with van der Waals surface area (Å²) in [5, 5.41) is 0. The molecule has 0 fully saturated rings. The highest BCUT2D eigenvalue weighted by molar-refractivity contribution is 4.70. The first-order chi connectivity index (χ1) is 5.99. The summed E-state index contributed by atoms with van der Waals surface area (Å²) in [7, 11) is 0. The van der Waals surface area contributed by atoms with Crippen LogP contribution in [-0.2, 0) is 0 Å². The molecular formula is C13H28. The van der Waals surface area contributed by atoms with Crippen LogP contribution in [0, 0.1) is 23.7 Å². The van der Waals surface area contributed by atoms with E-state index in [4.69, 9.17) is 0 Å². The minimum Gasteiger partial charge on any atom is -0.0654 e. The summed E-state index contributed by atoms with van der Waals surface area (Å²) in [6.45, 7) is 14.2. The molecule has 0 aliphatic heterocycles. The van der Waals surface area contributed by atoms with Crippen LogP contribution in [0.25, 0.3) is 0 Å². The Kier molecular flexibility index (Phi) is 6.45. The average Bonchev–Trinajstić information content (AvgIpc) is 1.99. The van der Waals surface area contributed by atoms with Gasteiger partial charge in [0, 0.05) is 0 Å². The Labute approximate surface area is 85.1 Å². The first-order valence-corrected chi connectivity index (χ1v) is 5.99. The topological polar surface area (TPSA) is 0 Å². The summed E-state index contributed by atoms with van der Waals surface area (Å²) in [6, 6.07) is 0. The number of hydrogen-bond donors (Lipinski definition) is 0. The molecule has 0 aromatic heterocycles. The van der Waals surface area contributed by atoms with Gasteiger partial charge in [-0.1, -0.05) is 54.4 Å². The van der Waals surface area contributed by atoms with Crippen LogP contribution in [0.15, 0.2) is 0 Å². The molecule has 0 nitrogen and oxygen atoms in total. The summed E-state index contributed by atoms with van der Waals surface area (Å²) in [5.74, 6) is 3.54. The van der Waals surface area contributed by atoms with Crippen LogP contribution in [0.4, 0.5) is 0 Å². The van der Waals surface area contributed by atoms with Crippen molar-refractivity contribution in [2.24, 2.45) is 23.7 Å². The molecule has 0 aromatic carbocycles. The Morgan fingerprint density at radius 2 is 1.46 bits per heavy atom. The van der Waals surface area contributed by atoms with Crippen molar-refractivity contribution in [3.8, 4) is 0 Å². The maximum atomic E-state index is 2.43. The molecule has 80 valence electrons. The molecule has 0 heterocycles. The molecular weight excluding hydrogens is 156 g/mol. The molecule has 0 N–H and O–H groups in total. The van der Waals surface area contributed by atoms with E-state index in [0.29, 0.717) is 0 Å². The molecule has 0 heteroatoms. The molecule has 0 aliphatic carbocycles. The highest BCUT2D eigenvalue weighted by Crippen LogP contribution is 2.30. The van der Waals surface area contributed by atoms with E-state index in [1.165, 1.54) is 19.3 Å². The first-order valence-electron chi connectivity index (χ1n) is 5.99. The van der Waals surface area contributed by atoms with Gasteiger partial charge in [-0.2, -0.15) is 0 Å². The van der Waals surface area contributed by atoms with Gasteiger partial charge in [-0.25, -0.2) is 0 Å². The van der Waals surface area contributed by atoms with Gasteiger partial charge in [-0.15, -0.1) is 0 Å². The van der Waals surface area contributed by atoms with Gasteiger partial charge in [0.1, 0.15) is 0 Å². The van der Waals surface area contributed by atoms with Crippen LogP contribution < -0.4 is 0 Å². The molecule has 0 aliphatic rings. The maximum absolute atomic E-state index is 2.43. The Morgan fingerprint density at radius 3 is 1.77 bits per heavy atom. The van der Waals surface area contributed by atoms with Crippen molar-refractivity contribution in [2.45, 2.75) is 60.8 Å². The standard InChI is InChI=1S/C13H28/c1-7-8-12(6)13(11(4)5)9-10(2)3/h10-13H,7-9H2,1-6H3. The minimum absolute atomic E-state index is 0.851. The lowest BCUT2D eigenvalue weighted by Crippen LogP contribution is -2.19. The van der Waals surface area contributed by atoms with Crippen molar-refractivity contribution in [1.29, 1.82) is 0 Å². The number of hydrogen-bond acceptors (Lipinski definition) is 0. The smallest absolute Gasteiger partial charge is 0.0363 e. The van der Waals surface area contributed by atoms with Crippen molar-refractivity contribution < 1.29 is 0 Å². The van der Waals surface area contributed by atoms with Crippen LogP contribution in [0.2, 0.25) is 0 Å². The highest BCUT2D eigenvalue weighted by Gasteiger charge is 2.20. The molecule has 0 rings (SSSR count). The van der Waals surface area contributed by atoms with Gasteiger partial charge in [-0.05, 0) is 30.1 Å². The largest absolute Gasteiger partial charge is 0.0654 e. The molecule has 0 saturated carbocycles. The van der Waals surface area contributed by atoms with Gasteiger partial charge in [0.15, 0.2) is 0 Å². The Bertz CT molecular complexity index is 113. The van der Waals surface area contributed by atoms with E-state index in [1.807, 2.05) is 0 Å². The quantitative estimate of drug-likeness (QED) is 0.559. The Balaban J connectivity index is 4.07. The van der Waals surface area contributed by atoms with Gasteiger partial charge < -0.3 is 0 Å². The summed E-state index contributed by atoms with van der Waals surface area (Å²) in [4.78, 5) is 0. The van der Waals surface area contributed by atoms with E-state index >= 15 is 0 Å². The molecule has 0 spiro atoms. The molecule has 2 atom stereocenters. The lowest BCUT2D eigenvalue weighted by atomic mass is 9.77. The number of rotatable bonds is 6. The van der Waals surface area contributed by atoms with Gasteiger partial charge in [0.2, 0.25) is 0 Å². The van der Waals surface area contributed by atoms with Crippen LogP contribution in [0.5, 0.6) is 0 Å². The SMILES string of the molecule is CCCC(C)C(CC(C)C)C(C)C. The zero-order valence-corrected chi connectivity index (χ0v) is 10.4. The lowest BCUT2D eigenvalue weighted by molar-refractivity contribution is 0.216. The fourth-order valence-electron chi connectivity index (χ4n) is 2.38. The van der Waals surface area contributed by atoms with Gasteiger partial charge in [-0.3, -0.25) is 0 Å². The second-order valence-electron chi connectivity index (χ2n) is 5.30. The second kappa shape index (κ2) is 6.45. The van der Waals surface area contributed by atoms with Gasteiger partial charge >= 0.3 is 0 Å². The molecule has 0 saturated heterocycles. The minimum atomic E-state index is 0.851. The predicted octanol–water partition coefficient (Wildman–Crippen LogP) is 4.74. The van der Waals surface area contributed by atoms with E-state index in [-0.39, 0.29) is 0 Å². The molecule has 0 radical (unpaired) electrons. The van der Waals surface area contributed by atoms with Crippen molar-refractivity contribution in [1.82, 2.24) is 0 Å². The van der Waals surface area contributed by atoms with Crippen molar-refractivity contribution in [3.05, 3.63) is 0 Å². The Hall–Kier alpha value is 0. The third-order valence-electron chi connectivity index (χ3n) is 3.07. The van der Waals surface area contributed by atoms with Crippen LogP contribution >= 0.6 is 0 Å². The molecule has 0 amide bonds. The third kappa shape index (κ3) is 5.33. The van der Waals surface area contributed by atoms with E-state index < -0.39 is 0 Å². The van der Waals surface area contributed by atoms with Crippen LogP contribution in [0.3, 0.4) is 0 Å². The monoisotopic (exact) mass is 184 g/mol. The summed E-state index contributed by atoms with van der Waals surface area (Å²) in [6.07, 6.45) is 4.14. The first kappa shape index (κ1) is 13.0. The van der Waals surface area contributed by atoms with Crippen LogP contribution in [-0.4, -0.2) is 0 Å². The molecule has 0 aromatic rings. The van der Waals surface area contributed by atoms with Gasteiger partial charge in [0.25, 0.3) is 0 Å². The van der Waals surface area contributed by atoms with Crippen molar-refractivity contribution in [2.75, 3.05) is 0 Å². The maximum Gasteiger partial charge on any atom is -0.0363 e. The van der Waals surface area contributed by atoms with E-state index in [9.17, 15) is 0 Å². The zero-order valence-electron chi connectivity index (χ0n) is 10.4. The highest BCUT2D eigenvalue weighted by atomic mass is 14.3. The van der Waals surface area contributed by atoms with Crippen molar-refractivity contribution in [3.63, 3.8) is 0 Å². The molecule has 0 bridgehead atoms. The second-order valence-corrected chi connectivity index (χ2v) is 5.30. The average molecular weight is 184 g/mol. The van der Waals surface area contributed by atoms with Crippen molar-refractivity contribution >= 4 is 0 Å². The summed E-state index contributed by atoms with van der Waals surface area (Å²) >= 11 is 0. The van der Waals surface area contributed by atoms with E-state index in [2.05, 4.69) is 41.5 Å². The Morgan fingerprint density at radius 1 is 0.923 bits per heavy atom.